The fourth-order valence-corrected chi connectivity index (χ4v) is 2.74. The number of guanidine groups is 1. The fraction of sp³-hybridized carbons (Fsp3) is 0.200. The molecule has 0 aliphatic rings. The molecule has 0 saturated carbocycles. The van der Waals surface area contributed by atoms with E-state index >= 15 is 0 Å². The lowest BCUT2D eigenvalue weighted by Crippen LogP contribution is -2.36. The summed E-state index contributed by atoms with van der Waals surface area (Å²) in [6.07, 6.45) is 3.76. The Labute approximate surface area is 158 Å². The molecule has 0 unspecified atom stereocenters. The van der Waals surface area contributed by atoms with Crippen LogP contribution in [0.5, 0.6) is 0 Å². The largest absolute Gasteiger partial charge is 0.352 e. The third kappa shape index (κ3) is 5.36. The second-order valence-electron chi connectivity index (χ2n) is 5.93. The molecule has 3 rings (SSSR count). The Hall–Kier alpha value is -2.79. The first-order valence-electron chi connectivity index (χ1n) is 8.47. The highest BCUT2D eigenvalue weighted by atomic mass is 35.5. The van der Waals surface area contributed by atoms with Crippen molar-refractivity contribution in [1.29, 1.82) is 0 Å². The van der Waals surface area contributed by atoms with Crippen molar-refractivity contribution in [3.8, 4) is 0 Å². The number of hydrogen-bond acceptors (Lipinski definition) is 2. The predicted octanol–water partition coefficient (Wildman–Crippen LogP) is 3.45. The van der Waals surface area contributed by atoms with E-state index in [9.17, 15) is 0 Å². The average Bonchev–Trinajstić information content (AvgIpc) is 3.16. The van der Waals surface area contributed by atoms with E-state index in [0.29, 0.717) is 13.1 Å². The maximum absolute atomic E-state index is 5.91. The molecule has 0 atom stereocenters. The van der Waals surface area contributed by atoms with E-state index < -0.39 is 0 Å². The molecular formula is C20H22ClN5. The molecule has 1 heterocycles. The molecule has 0 fully saturated rings. The lowest BCUT2D eigenvalue weighted by atomic mass is 10.1. The molecule has 26 heavy (non-hydrogen) atoms. The number of rotatable bonds is 6. The van der Waals surface area contributed by atoms with E-state index in [1.807, 2.05) is 41.2 Å². The van der Waals surface area contributed by atoms with Gasteiger partial charge in [-0.3, -0.25) is 9.67 Å². The summed E-state index contributed by atoms with van der Waals surface area (Å²) in [7, 11) is 1.77. The Kier molecular flexibility index (Phi) is 6.28. The zero-order valence-corrected chi connectivity index (χ0v) is 15.4. The first-order chi connectivity index (χ1) is 12.7. The van der Waals surface area contributed by atoms with Crippen LogP contribution in [0.3, 0.4) is 0 Å². The Morgan fingerprint density at radius 2 is 1.73 bits per heavy atom. The van der Waals surface area contributed by atoms with Gasteiger partial charge in [0.25, 0.3) is 0 Å². The number of halogens is 1. The van der Waals surface area contributed by atoms with Gasteiger partial charge in [-0.2, -0.15) is 5.10 Å². The van der Waals surface area contributed by atoms with Crippen LogP contribution in [0, 0.1) is 0 Å². The summed E-state index contributed by atoms with van der Waals surface area (Å²) >= 11 is 5.91. The predicted molar refractivity (Wildman–Crippen MR) is 106 cm³/mol. The molecule has 0 spiro atoms. The molecule has 0 amide bonds. The quantitative estimate of drug-likeness (QED) is 0.518. The van der Waals surface area contributed by atoms with Gasteiger partial charge in [0.15, 0.2) is 5.96 Å². The summed E-state index contributed by atoms with van der Waals surface area (Å²) in [5, 5.41) is 11.6. The minimum atomic E-state index is 0.691. The third-order valence-corrected chi connectivity index (χ3v) is 4.20. The highest BCUT2D eigenvalue weighted by Crippen LogP contribution is 2.09. The van der Waals surface area contributed by atoms with Crippen LogP contribution in [0.1, 0.15) is 16.7 Å². The average molecular weight is 368 g/mol. The molecule has 0 bridgehead atoms. The number of hydrogen-bond donors (Lipinski definition) is 2. The van der Waals surface area contributed by atoms with Gasteiger partial charge in [-0.1, -0.05) is 48.0 Å². The van der Waals surface area contributed by atoms with Gasteiger partial charge in [-0.25, -0.2) is 0 Å². The summed E-state index contributed by atoms with van der Waals surface area (Å²) in [5.74, 6) is 0.762. The van der Waals surface area contributed by atoms with Crippen molar-refractivity contribution >= 4 is 17.6 Å². The van der Waals surface area contributed by atoms with Crippen LogP contribution >= 0.6 is 11.6 Å². The van der Waals surface area contributed by atoms with Crippen molar-refractivity contribution < 1.29 is 0 Å². The molecule has 5 nitrogen and oxygen atoms in total. The van der Waals surface area contributed by atoms with Crippen molar-refractivity contribution in [2.45, 2.75) is 19.6 Å². The van der Waals surface area contributed by atoms with Crippen LogP contribution < -0.4 is 10.6 Å². The molecule has 0 radical (unpaired) electrons. The standard InChI is InChI=1S/C20H22ClN5/c1-22-20(23-13-16-6-8-19(21)9-7-16)24-14-17-4-2-5-18(12-17)15-26-11-3-10-25-26/h2-12H,13-15H2,1H3,(H2,22,23,24). The molecule has 6 heteroatoms. The van der Waals surface area contributed by atoms with E-state index in [-0.39, 0.29) is 0 Å². The molecule has 0 aliphatic carbocycles. The number of benzene rings is 2. The van der Waals surface area contributed by atoms with Crippen molar-refractivity contribution in [3.63, 3.8) is 0 Å². The molecule has 2 N–H and O–H groups in total. The summed E-state index contributed by atoms with van der Waals surface area (Å²) < 4.78 is 1.92. The summed E-state index contributed by atoms with van der Waals surface area (Å²) in [6, 6.07) is 18.2. The Balaban J connectivity index is 1.52. The van der Waals surface area contributed by atoms with Crippen LogP contribution in [-0.4, -0.2) is 22.8 Å². The maximum Gasteiger partial charge on any atom is 0.191 e. The molecular weight excluding hydrogens is 346 g/mol. The van der Waals surface area contributed by atoms with Gasteiger partial charge in [0.1, 0.15) is 0 Å². The van der Waals surface area contributed by atoms with Crippen LogP contribution in [0.15, 0.2) is 72.0 Å². The normalized spacial score (nSPS) is 11.4. The summed E-state index contributed by atoms with van der Waals surface area (Å²) in [5.41, 5.74) is 3.57. The maximum atomic E-state index is 5.91. The SMILES string of the molecule is CN=C(NCc1ccc(Cl)cc1)NCc1cccc(Cn2cccn2)c1. The highest BCUT2D eigenvalue weighted by Gasteiger charge is 2.01. The van der Waals surface area contributed by atoms with Crippen molar-refractivity contribution in [1.82, 2.24) is 20.4 Å². The highest BCUT2D eigenvalue weighted by molar-refractivity contribution is 6.30. The van der Waals surface area contributed by atoms with Gasteiger partial charge in [-0.15, -0.1) is 0 Å². The Bertz CT molecular complexity index is 841. The van der Waals surface area contributed by atoms with E-state index in [1.54, 1.807) is 13.2 Å². The minimum Gasteiger partial charge on any atom is -0.352 e. The monoisotopic (exact) mass is 367 g/mol. The van der Waals surface area contributed by atoms with Crippen LogP contribution in [-0.2, 0) is 19.6 Å². The Morgan fingerprint density at radius 1 is 1.00 bits per heavy atom. The number of nitrogens with one attached hydrogen (secondary N) is 2. The molecule has 0 aliphatic heterocycles. The van der Waals surface area contributed by atoms with Crippen LogP contribution in [0.25, 0.3) is 0 Å². The van der Waals surface area contributed by atoms with E-state index in [0.717, 1.165) is 23.1 Å². The molecule has 2 aromatic carbocycles. The van der Waals surface area contributed by atoms with Gasteiger partial charge in [0.2, 0.25) is 0 Å². The van der Waals surface area contributed by atoms with Crippen LogP contribution in [0.2, 0.25) is 5.02 Å². The van der Waals surface area contributed by atoms with Gasteiger partial charge in [0, 0.05) is 37.6 Å². The smallest absolute Gasteiger partial charge is 0.191 e. The van der Waals surface area contributed by atoms with Gasteiger partial charge in [-0.05, 0) is 34.9 Å². The van der Waals surface area contributed by atoms with Crippen molar-refractivity contribution in [2.24, 2.45) is 4.99 Å². The topological polar surface area (TPSA) is 54.2 Å². The zero-order chi connectivity index (χ0) is 18.2. The molecule has 134 valence electrons. The summed E-state index contributed by atoms with van der Waals surface area (Å²) in [4.78, 5) is 4.27. The van der Waals surface area contributed by atoms with Gasteiger partial charge in [0.05, 0.1) is 6.54 Å². The van der Waals surface area contributed by atoms with Gasteiger partial charge < -0.3 is 10.6 Å². The van der Waals surface area contributed by atoms with Crippen LogP contribution in [0.4, 0.5) is 0 Å². The minimum absolute atomic E-state index is 0.691. The lowest BCUT2D eigenvalue weighted by molar-refractivity contribution is 0.685. The van der Waals surface area contributed by atoms with Gasteiger partial charge >= 0.3 is 0 Å². The molecule has 1 aromatic heterocycles. The third-order valence-electron chi connectivity index (χ3n) is 3.95. The fourth-order valence-electron chi connectivity index (χ4n) is 2.61. The lowest BCUT2D eigenvalue weighted by Gasteiger charge is -2.13. The second kappa shape index (κ2) is 9.06. The Morgan fingerprint density at radius 3 is 2.42 bits per heavy atom. The summed E-state index contributed by atoms with van der Waals surface area (Å²) in [6.45, 7) is 2.16. The number of nitrogens with zero attached hydrogens (tertiary/aromatic N) is 3. The first-order valence-corrected chi connectivity index (χ1v) is 8.85. The number of aromatic nitrogens is 2. The first kappa shape index (κ1) is 18.0. The number of aliphatic imine (C=N–C) groups is 1. The van der Waals surface area contributed by atoms with E-state index in [2.05, 4.69) is 45.0 Å². The zero-order valence-electron chi connectivity index (χ0n) is 14.7. The van der Waals surface area contributed by atoms with E-state index in [1.165, 1.54) is 11.1 Å². The second-order valence-corrected chi connectivity index (χ2v) is 6.37. The molecule has 0 saturated heterocycles. The van der Waals surface area contributed by atoms with Crippen molar-refractivity contribution in [2.75, 3.05) is 7.05 Å². The van der Waals surface area contributed by atoms with Crippen molar-refractivity contribution in [3.05, 3.63) is 88.7 Å². The molecule has 3 aromatic rings. The van der Waals surface area contributed by atoms with E-state index in [4.69, 9.17) is 11.6 Å².